The second-order valence-electron chi connectivity index (χ2n) is 10.4. The van der Waals surface area contributed by atoms with Gasteiger partial charge in [0.2, 0.25) is 0 Å². The molecule has 0 N–H and O–H groups in total. The molecule has 5 aromatic heterocycles. The van der Waals surface area contributed by atoms with Crippen LogP contribution in [0, 0.1) is 22.7 Å². The van der Waals surface area contributed by atoms with Crippen molar-refractivity contribution in [1.82, 2.24) is 18.4 Å². The van der Waals surface area contributed by atoms with Gasteiger partial charge in [0.15, 0.2) is 0 Å². The smallest absolute Gasteiger partial charge is 0.0992 e. The first-order valence-corrected chi connectivity index (χ1v) is 13.3. The van der Waals surface area contributed by atoms with Crippen molar-refractivity contribution in [2.45, 2.75) is 0 Å². The molecule has 0 amide bonds. The summed E-state index contributed by atoms with van der Waals surface area (Å²) in [4.78, 5) is 4.70. The number of aromatic nitrogens is 4. The van der Waals surface area contributed by atoms with Crippen LogP contribution in [0.25, 0.3) is 71.2 Å². The maximum Gasteiger partial charge on any atom is 0.0992 e. The maximum absolute atomic E-state index is 9.73. The Bertz CT molecular complexity index is 2640. The summed E-state index contributed by atoms with van der Waals surface area (Å²) in [5.41, 5.74) is 8.97. The minimum absolute atomic E-state index is 0.455. The van der Waals surface area contributed by atoms with Gasteiger partial charge >= 0.3 is 0 Å². The van der Waals surface area contributed by atoms with Crippen molar-refractivity contribution in [2.75, 3.05) is 0 Å². The standard InChI is InChI=1S/C35H18N6/c36-19-21-14-22(20-37)16-24(15-21)41-30-7-2-1-5-25(30)28-17-32-33(18-31(28)41)39-12-9-23-4-3-6-26(34(23)39)27-8-11-38-29-10-13-40(32)35(27)29/h1-18H. The lowest BCUT2D eigenvalue weighted by Crippen LogP contribution is -1.97. The molecule has 0 saturated heterocycles. The van der Waals surface area contributed by atoms with E-state index in [1.54, 1.807) is 6.07 Å². The average molecular weight is 523 g/mol. The normalized spacial score (nSPS) is 11.9. The van der Waals surface area contributed by atoms with E-state index in [1.165, 1.54) is 5.39 Å². The second kappa shape index (κ2) is 7.72. The average Bonchev–Trinajstić information content (AvgIpc) is 3.73. The molecular weight excluding hydrogens is 504 g/mol. The Morgan fingerprint density at radius 2 is 1.29 bits per heavy atom. The summed E-state index contributed by atoms with van der Waals surface area (Å²) >= 11 is 0. The SMILES string of the molecule is N#Cc1cc(C#N)cc(-n2c3ccccc3c3cc4c(cc32)n2ccc3cccc(c5ccnc6ccn4c65)c32)c1. The Morgan fingerprint density at radius 1 is 0.561 bits per heavy atom. The molecule has 0 saturated carbocycles. The van der Waals surface area contributed by atoms with Crippen molar-refractivity contribution in [1.29, 1.82) is 10.5 Å². The summed E-state index contributed by atoms with van der Waals surface area (Å²) in [7, 11) is 0. The van der Waals surface area contributed by atoms with Crippen LogP contribution in [0.4, 0.5) is 0 Å². The molecule has 0 atom stereocenters. The zero-order valence-electron chi connectivity index (χ0n) is 21.6. The van der Waals surface area contributed by atoms with Gasteiger partial charge in [-0.25, -0.2) is 0 Å². The van der Waals surface area contributed by atoms with Crippen LogP contribution in [-0.4, -0.2) is 18.4 Å². The van der Waals surface area contributed by atoms with Gasteiger partial charge < -0.3 is 13.4 Å². The van der Waals surface area contributed by atoms with Gasteiger partial charge in [-0.1, -0.05) is 36.4 Å². The Hall–Kier alpha value is -6.11. The molecule has 0 bridgehead atoms. The Morgan fingerprint density at radius 3 is 2.15 bits per heavy atom. The predicted molar refractivity (Wildman–Crippen MR) is 162 cm³/mol. The molecule has 9 rings (SSSR count). The van der Waals surface area contributed by atoms with Crippen LogP contribution in [0.5, 0.6) is 0 Å². The number of hydrogen-bond donors (Lipinski definition) is 0. The highest BCUT2D eigenvalue weighted by molar-refractivity contribution is 6.17. The molecule has 0 fully saturated rings. The topological polar surface area (TPSA) is 74.2 Å². The minimum Gasteiger partial charge on any atom is -0.314 e. The number of nitriles is 2. The summed E-state index contributed by atoms with van der Waals surface area (Å²) in [5, 5.41) is 25.1. The van der Waals surface area contributed by atoms with Crippen molar-refractivity contribution in [3.05, 3.63) is 121 Å². The molecule has 0 aliphatic heterocycles. The number of hydrogen-bond acceptors (Lipinski definition) is 3. The highest BCUT2D eigenvalue weighted by Gasteiger charge is 2.18. The molecule has 41 heavy (non-hydrogen) atoms. The number of rotatable bonds is 1. The van der Waals surface area contributed by atoms with Gasteiger partial charge in [0, 0.05) is 51.2 Å². The molecule has 4 aromatic carbocycles. The molecule has 188 valence electrons. The van der Waals surface area contributed by atoms with Gasteiger partial charge in [-0.15, -0.1) is 0 Å². The van der Waals surface area contributed by atoms with Crippen LogP contribution in [0.15, 0.2) is 110 Å². The monoisotopic (exact) mass is 522 g/mol. The van der Waals surface area contributed by atoms with Crippen molar-refractivity contribution < 1.29 is 0 Å². The first kappa shape index (κ1) is 21.8. The number of fused-ring (bicyclic) bond motifs is 7. The van der Waals surface area contributed by atoms with Crippen LogP contribution < -0.4 is 0 Å². The van der Waals surface area contributed by atoms with Crippen LogP contribution in [-0.2, 0) is 0 Å². The van der Waals surface area contributed by atoms with Gasteiger partial charge in [0.1, 0.15) is 0 Å². The van der Waals surface area contributed by atoms with Gasteiger partial charge in [0.25, 0.3) is 0 Å². The van der Waals surface area contributed by atoms with Crippen molar-refractivity contribution in [3.8, 4) is 17.8 Å². The molecule has 5 heterocycles. The summed E-state index contributed by atoms with van der Waals surface area (Å²) < 4.78 is 6.70. The van der Waals surface area contributed by atoms with E-state index in [-0.39, 0.29) is 0 Å². The largest absolute Gasteiger partial charge is 0.314 e. The fraction of sp³-hybridized carbons (Fsp3) is 0. The van der Waals surface area contributed by atoms with Crippen LogP contribution in [0.3, 0.4) is 0 Å². The van der Waals surface area contributed by atoms with Crippen molar-refractivity contribution in [3.63, 3.8) is 0 Å². The first-order chi connectivity index (χ1) is 20.2. The van der Waals surface area contributed by atoms with Crippen LogP contribution >= 0.6 is 0 Å². The number of benzene rings is 4. The van der Waals surface area contributed by atoms with Crippen LogP contribution in [0.2, 0.25) is 0 Å². The van der Waals surface area contributed by atoms with E-state index >= 15 is 0 Å². The first-order valence-electron chi connectivity index (χ1n) is 13.3. The van der Waals surface area contributed by atoms with Crippen LogP contribution in [0.1, 0.15) is 11.1 Å². The number of pyridine rings is 1. The lowest BCUT2D eigenvalue weighted by Gasteiger charge is -2.12. The summed E-state index contributed by atoms with van der Waals surface area (Å²) in [6, 6.07) is 35.4. The molecule has 6 nitrogen and oxygen atoms in total. The zero-order valence-corrected chi connectivity index (χ0v) is 21.6. The fourth-order valence-corrected chi connectivity index (χ4v) is 6.62. The zero-order chi connectivity index (χ0) is 27.2. The van der Waals surface area contributed by atoms with Crippen molar-refractivity contribution in [2.24, 2.45) is 0 Å². The Kier molecular flexibility index (Phi) is 4.10. The highest BCUT2D eigenvalue weighted by Crippen LogP contribution is 2.38. The third-order valence-electron chi connectivity index (χ3n) is 8.30. The molecule has 0 spiro atoms. The summed E-state index contributed by atoms with van der Waals surface area (Å²) in [5.74, 6) is 0. The van der Waals surface area contributed by atoms with Crippen molar-refractivity contribution >= 4 is 65.5 Å². The molecule has 6 heteroatoms. The van der Waals surface area contributed by atoms with E-state index in [4.69, 9.17) is 4.98 Å². The van der Waals surface area contributed by atoms with E-state index in [1.807, 2.05) is 30.5 Å². The van der Waals surface area contributed by atoms with E-state index in [0.29, 0.717) is 11.1 Å². The molecular formula is C35H18N6. The van der Waals surface area contributed by atoms with Gasteiger partial charge in [-0.3, -0.25) is 4.98 Å². The lowest BCUT2D eigenvalue weighted by atomic mass is 10.1. The van der Waals surface area contributed by atoms with Gasteiger partial charge in [-0.2, -0.15) is 10.5 Å². The summed E-state index contributed by atoms with van der Waals surface area (Å²) in [6.07, 6.45) is 6.14. The van der Waals surface area contributed by atoms with E-state index in [2.05, 4.69) is 98.6 Å². The quantitative estimate of drug-likeness (QED) is 0.220. The molecule has 0 aliphatic rings. The van der Waals surface area contributed by atoms with Gasteiger partial charge in [0.05, 0.1) is 61.9 Å². The maximum atomic E-state index is 9.73. The fourth-order valence-electron chi connectivity index (χ4n) is 6.62. The Labute approximate surface area is 232 Å². The van der Waals surface area contributed by atoms with Gasteiger partial charge in [-0.05, 0) is 54.6 Å². The molecule has 0 unspecified atom stereocenters. The number of para-hydroxylation sites is 2. The molecule has 9 aromatic rings. The highest BCUT2D eigenvalue weighted by atomic mass is 15.0. The third-order valence-corrected chi connectivity index (χ3v) is 8.30. The van der Waals surface area contributed by atoms with E-state index in [0.717, 1.165) is 65.8 Å². The second-order valence-corrected chi connectivity index (χ2v) is 10.4. The molecule has 0 aliphatic carbocycles. The number of nitrogens with zero attached hydrogens (tertiary/aromatic N) is 6. The summed E-state index contributed by atoms with van der Waals surface area (Å²) in [6.45, 7) is 0. The lowest BCUT2D eigenvalue weighted by molar-refractivity contribution is 1.17. The minimum atomic E-state index is 0.455. The predicted octanol–water partition coefficient (Wildman–Crippen LogP) is 7.89. The Balaban J connectivity index is 1.58. The third kappa shape index (κ3) is 2.80. The van der Waals surface area contributed by atoms with E-state index in [9.17, 15) is 10.5 Å². The van der Waals surface area contributed by atoms with E-state index < -0.39 is 0 Å². The molecule has 0 radical (unpaired) electrons.